The molecule has 0 bridgehead atoms. The monoisotopic (exact) mass is 330 g/mol. The molecule has 0 amide bonds. The van der Waals surface area contributed by atoms with E-state index in [0.29, 0.717) is 0 Å². The lowest BCUT2D eigenvalue weighted by Crippen LogP contribution is -2.35. The van der Waals surface area contributed by atoms with Gasteiger partial charge in [-0.05, 0) is 24.3 Å². The molecule has 1 aromatic carbocycles. The molecule has 3 heterocycles. The third-order valence-corrected chi connectivity index (χ3v) is 4.95. The van der Waals surface area contributed by atoms with Gasteiger partial charge in [-0.3, -0.25) is 9.30 Å². The Morgan fingerprint density at radius 3 is 2.70 bits per heavy atom. The van der Waals surface area contributed by atoms with Gasteiger partial charge in [-0.2, -0.15) is 0 Å². The van der Waals surface area contributed by atoms with E-state index in [4.69, 9.17) is 9.47 Å². The van der Waals surface area contributed by atoms with Crippen molar-refractivity contribution in [3.05, 3.63) is 35.3 Å². The number of morpholine rings is 1. The van der Waals surface area contributed by atoms with E-state index in [9.17, 15) is 0 Å². The second-order valence-corrected chi connectivity index (χ2v) is 6.58. The van der Waals surface area contributed by atoms with Gasteiger partial charge in [-0.25, -0.2) is 0 Å². The highest BCUT2D eigenvalue weighted by Gasteiger charge is 2.15. The van der Waals surface area contributed by atoms with Crippen LogP contribution in [0.15, 0.2) is 30.5 Å². The van der Waals surface area contributed by atoms with Gasteiger partial charge in [0.05, 0.1) is 20.3 Å². The highest BCUT2D eigenvalue weighted by Crippen LogP contribution is 2.26. The summed E-state index contributed by atoms with van der Waals surface area (Å²) in [6.07, 6.45) is 2.15. The molecule has 0 saturated carbocycles. The van der Waals surface area contributed by atoms with Crippen molar-refractivity contribution in [3.63, 3.8) is 0 Å². The zero-order chi connectivity index (χ0) is 15.6. The Morgan fingerprint density at radius 1 is 1.17 bits per heavy atom. The van der Waals surface area contributed by atoms with Crippen molar-refractivity contribution >= 4 is 16.3 Å². The normalized spacial score (nSPS) is 16.0. The van der Waals surface area contributed by atoms with Crippen LogP contribution in [0.2, 0.25) is 0 Å². The van der Waals surface area contributed by atoms with E-state index >= 15 is 0 Å². The topological polar surface area (TPSA) is 51.9 Å². The lowest BCUT2D eigenvalue weighted by Gasteiger charge is -2.25. The number of ether oxygens (including phenoxy) is 2. The maximum atomic E-state index is 5.40. The molecule has 0 atom stereocenters. The van der Waals surface area contributed by atoms with Crippen LogP contribution in [0.25, 0.3) is 16.3 Å². The van der Waals surface area contributed by atoms with E-state index in [1.54, 1.807) is 18.4 Å². The number of thiazole rings is 1. The summed E-state index contributed by atoms with van der Waals surface area (Å²) in [5.74, 6) is 1.71. The zero-order valence-corrected chi connectivity index (χ0v) is 13.8. The van der Waals surface area contributed by atoms with Crippen molar-refractivity contribution in [2.75, 3.05) is 33.4 Å². The minimum absolute atomic E-state index is 0.821. The molecule has 6 nitrogen and oxygen atoms in total. The van der Waals surface area contributed by atoms with Gasteiger partial charge in [0.1, 0.15) is 5.75 Å². The summed E-state index contributed by atoms with van der Waals surface area (Å²) >= 11 is 1.70. The summed E-state index contributed by atoms with van der Waals surface area (Å²) in [7, 11) is 1.67. The first-order chi connectivity index (χ1) is 11.3. The Bertz CT molecular complexity index is 790. The van der Waals surface area contributed by atoms with E-state index < -0.39 is 0 Å². The smallest absolute Gasteiger partial charge is 0.216 e. The van der Waals surface area contributed by atoms with Gasteiger partial charge in [-0.15, -0.1) is 10.2 Å². The number of hydrogen-bond acceptors (Lipinski definition) is 6. The number of hydrogen-bond donors (Lipinski definition) is 0. The lowest BCUT2D eigenvalue weighted by atomic mass is 10.2. The van der Waals surface area contributed by atoms with Crippen LogP contribution in [-0.4, -0.2) is 52.9 Å². The largest absolute Gasteiger partial charge is 0.497 e. The average Bonchev–Trinajstić information content (AvgIpc) is 3.16. The van der Waals surface area contributed by atoms with Crippen LogP contribution in [0.5, 0.6) is 5.75 Å². The Morgan fingerprint density at radius 2 is 1.96 bits per heavy atom. The summed E-state index contributed by atoms with van der Waals surface area (Å²) in [6, 6.07) is 7.90. The Balaban J connectivity index is 1.60. The Kier molecular flexibility index (Phi) is 3.99. The van der Waals surface area contributed by atoms with Gasteiger partial charge >= 0.3 is 0 Å². The molecule has 0 radical (unpaired) electrons. The molecule has 1 aliphatic rings. The van der Waals surface area contributed by atoms with Crippen molar-refractivity contribution in [2.45, 2.75) is 6.54 Å². The molecule has 1 fully saturated rings. The second kappa shape index (κ2) is 6.27. The van der Waals surface area contributed by atoms with Crippen molar-refractivity contribution in [2.24, 2.45) is 0 Å². The molecule has 23 heavy (non-hydrogen) atoms. The third-order valence-electron chi connectivity index (χ3n) is 3.99. The fourth-order valence-electron chi connectivity index (χ4n) is 2.74. The van der Waals surface area contributed by atoms with E-state index in [1.165, 1.54) is 4.88 Å². The van der Waals surface area contributed by atoms with E-state index in [2.05, 4.69) is 25.7 Å². The molecule has 7 heteroatoms. The van der Waals surface area contributed by atoms with Crippen LogP contribution in [-0.2, 0) is 11.3 Å². The molecular weight excluding hydrogens is 312 g/mol. The summed E-state index contributed by atoms with van der Waals surface area (Å²) in [5, 5.41) is 8.63. The third kappa shape index (κ3) is 2.95. The molecule has 0 N–H and O–H groups in total. The minimum atomic E-state index is 0.821. The van der Waals surface area contributed by atoms with Crippen molar-refractivity contribution in [3.8, 4) is 17.1 Å². The van der Waals surface area contributed by atoms with E-state index in [0.717, 1.165) is 54.9 Å². The number of benzene rings is 1. The van der Waals surface area contributed by atoms with Gasteiger partial charge in [0.25, 0.3) is 0 Å². The predicted octanol–water partition coefficient (Wildman–Crippen LogP) is 2.30. The quantitative estimate of drug-likeness (QED) is 0.735. The van der Waals surface area contributed by atoms with Gasteiger partial charge in [0, 0.05) is 36.3 Å². The van der Waals surface area contributed by atoms with Crippen molar-refractivity contribution < 1.29 is 9.47 Å². The standard InChI is InChI=1S/C16H18N4O2S/c1-21-13-4-2-12(3-5-13)15-17-18-16-20(15)11-14(23-16)10-19-6-8-22-9-7-19/h2-5,11H,6-10H2,1H3. The second-order valence-electron chi connectivity index (χ2n) is 5.49. The van der Waals surface area contributed by atoms with E-state index in [1.807, 2.05) is 24.3 Å². The lowest BCUT2D eigenvalue weighted by molar-refractivity contribution is 0.0346. The molecule has 2 aromatic heterocycles. The number of rotatable bonds is 4. The number of methoxy groups -OCH3 is 1. The average molecular weight is 330 g/mol. The van der Waals surface area contributed by atoms with Crippen molar-refractivity contribution in [1.82, 2.24) is 19.5 Å². The highest BCUT2D eigenvalue weighted by molar-refractivity contribution is 7.17. The molecule has 3 aromatic rings. The molecule has 0 unspecified atom stereocenters. The molecule has 1 aliphatic heterocycles. The number of nitrogens with zero attached hydrogens (tertiary/aromatic N) is 4. The zero-order valence-electron chi connectivity index (χ0n) is 12.9. The molecule has 1 saturated heterocycles. The maximum absolute atomic E-state index is 5.40. The fraction of sp³-hybridized carbons (Fsp3) is 0.375. The van der Waals surface area contributed by atoms with Crippen LogP contribution in [0.1, 0.15) is 4.88 Å². The van der Waals surface area contributed by atoms with Crippen LogP contribution in [0.4, 0.5) is 0 Å². The van der Waals surface area contributed by atoms with Gasteiger partial charge in [0.15, 0.2) is 5.82 Å². The van der Waals surface area contributed by atoms with Crippen LogP contribution in [0, 0.1) is 0 Å². The fourth-order valence-corrected chi connectivity index (χ4v) is 3.70. The maximum Gasteiger partial charge on any atom is 0.216 e. The molecule has 0 spiro atoms. The Hall–Kier alpha value is -1.96. The van der Waals surface area contributed by atoms with Gasteiger partial charge < -0.3 is 9.47 Å². The summed E-state index contributed by atoms with van der Waals surface area (Å²) in [6.45, 7) is 4.56. The summed E-state index contributed by atoms with van der Waals surface area (Å²) in [4.78, 5) is 4.64. The molecule has 0 aliphatic carbocycles. The molecular formula is C16H18N4O2S. The van der Waals surface area contributed by atoms with Crippen molar-refractivity contribution in [1.29, 1.82) is 0 Å². The van der Waals surface area contributed by atoms with Gasteiger partial charge in [0.2, 0.25) is 4.96 Å². The highest BCUT2D eigenvalue weighted by atomic mass is 32.1. The van der Waals surface area contributed by atoms with Gasteiger partial charge in [-0.1, -0.05) is 11.3 Å². The summed E-state index contributed by atoms with van der Waals surface area (Å²) < 4.78 is 12.7. The van der Waals surface area contributed by atoms with Crippen LogP contribution >= 0.6 is 11.3 Å². The number of aromatic nitrogens is 3. The van der Waals surface area contributed by atoms with Crippen LogP contribution < -0.4 is 4.74 Å². The predicted molar refractivity (Wildman–Crippen MR) is 88.9 cm³/mol. The molecule has 120 valence electrons. The first kappa shape index (κ1) is 14.6. The Labute approximate surface area is 138 Å². The number of fused-ring (bicyclic) bond motifs is 1. The SMILES string of the molecule is COc1ccc(-c2nnc3sc(CN4CCOCC4)cn23)cc1. The van der Waals surface area contributed by atoms with E-state index in [-0.39, 0.29) is 0 Å². The summed E-state index contributed by atoms with van der Waals surface area (Å²) in [5.41, 5.74) is 1.04. The first-order valence-corrected chi connectivity index (χ1v) is 8.43. The van der Waals surface area contributed by atoms with Crippen LogP contribution in [0.3, 0.4) is 0 Å². The molecule has 4 rings (SSSR count). The first-order valence-electron chi connectivity index (χ1n) is 7.61. The minimum Gasteiger partial charge on any atom is -0.497 e.